The quantitative estimate of drug-likeness (QED) is 0.854. The largest absolute Gasteiger partial charge is 0.495 e. The molecule has 0 bridgehead atoms. The first-order chi connectivity index (χ1) is 7.93. The van der Waals surface area contributed by atoms with E-state index in [1.807, 2.05) is 0 Å². The van der Waals surface area contributed by atoms with Crippen LogP contribution in [0.15, 0.2) is 35.2 Å². The Morgan fingerprint density at radius 2 is 1.88 bits per heavy atom. The summed E-state index contributed by atoms with van der Waals surface area (Å²) in [7, 11) is -2.76. The number of halogens is 1. The van der Waals surface area contributed by atoms with Gasteiger partial charge in [-0.25, -0.2) is 0 Å². The van der Waals surface area contributed by atoms with Crippen molar-refractivity contribution in [2.75, 3.05) is 7.11 Å². The lowest BCUT2D eigenvalue weighted by molar-refractivity contribution is 0.415. The molecule has 0 aliphatic rings. The molecule has 0 unspecified atom stereocenters. The molecule has 0 fully saturated rings. The molecule has 0 saturated carbocycles. The van der Waals surface area contributed by atoms with Gasteiger partial charge < -0.3 is 4.74 Å². The molecule has 2 aromatic carbocycles. The minimum atomic E-state index is -4.23. The lowest BCUT2D eigenvalue weighted by Crippen LogP contribution is -1.97. The summed E-state index contributed by atoms with van der Waals surface area (Å²) in [5, 5.41) is 1.60. The van der Waals surface area contributed by atoms with Crippen LogP contribution in [0.25, 0.3) is 10.8 Å². The summed E-state index contributed by atoms with van der Waals surface area (Å²) in [5.74, 6) is 0.451. The van der Waals surface area contributed by atoms with Crippen molar-refractivity contribution < 1.29 is 17.7 Å². The van der Waals surface area contributed by atoms with Gasteiger partial charge in [-0.05, 0) is 23.6 Å². The van der Waals surface area contributed by atoms with Crippen LogP contribution in [-0.2, 0) is 10.1 Å². The molecule has 90 valence electrons. The molecule has 0 heterocycles. The summed E-state index contributed by atoms with van der Waals surface area (Å²) in [4.78, 5) is -0.194. The van der Waals surface area contributed by atoms with Crippen LogP contribution < -0.4 is 4.74 Å². The van der Waals surface area contributed by atoms with Crippen molar-refractivity contribution in [1.82, 2.24) is 0 Å². The molecular formula is C11H9ClO4S. The number of hydrogen-bond donors (Lipinski definition) is 1. The Morgan fingerprint density at radius 1 is 1.24 bits per heavy atom. The maximum atomic E-state index is 11.0. The second-order valence-corrected chi connectivity index (χ2v) is 5.24. The molecule has 17 heavy (non-hydrogen) atoms. The summed E-state index contributed by atoms with van der Waals surface area (Å²) in [6, 6.07) is 7.66. The topological polar surface area (TPSA) is 63.6 Å². The van der Waals surface area contributed by atoms with Crippen LogP contribution in [0.3, 0.4) is 0 Å². The molecule has 0 aliphatic heterocycles. The second kappa shape index (κ2) is 4.18. The summed E-state index contributed by atoms with van der Waals surface area (Å²) in [5.41, 5.74) is 0. The van der Waals surface area contributed by atoms with Crippen molar-refractivity contribution >= 4 is 32.5 Å². The highest BCUT2D eigenvalue weighted by atomic mass is 35.5. The maximum Gasteiger partial charge on any atom is 0.294 e. The second-order valence-electron chi connectivity index (χ2n) is 3.44. The third kappa shape index (κ3) is 2.22. The van der Waals surface area contributed by atoms with E-state index < -0.39 is 10.1 Å². The molecule has 0 radical (unpaired) electrons. The van der Waals surface area contributed by atoms with Crippen molar-refractivity contribution in [2.45, 2.75) is 4.90 Å². The first-order valence-electron chi connectivity index (χ1n) is 4.67. The first-order valence-corrected chi connectivity index (χ1v) is 6.49. The zero-order valence-corrected chi connectivity index (χ0v) is 10.4. The van der Waals surface area contributed by atoms with Crippen LogP contribution in [0.5, 0.6) is 5.75 Å². The van der Waals surface area contributed by atoms with Crippen LogP contribution in [0.4, 0.5) is 0 Å². The van der Waals surface area contributed by atoms with Gasteiger partial charge in [0.2, 0.25) is 0 Å². The minimum absolute atomic E-state index is 0.194. The van der Waals surface area contributed by atoms with Crippen molar-refractivity contribution in [3.05, 3.63) is 35.4 Å². The predicted molar refractivity (Wildman–Crippen MR) is 65.3 cm³/mol. The fourth-order valence-corrected chi connectivity index (χ4v) is 2.37. The number of methoxy groups -OCH3 is 1. The van der Waals surface area contributed by atoms with Gasteiger partial charge in [0, 0.05) is 5.39 Å². The highest BCUT2D eigenvalue weighted by Crippen LogP contribution is 2.33. The summed E-state index contributed by atoms with van der Waals surface area (Å²) < 4.78 is 36.0. The minimum Gasteiger partial charge on any atom is -0.495 e. The van der Waals surface area contributed by atoms with E-state index in [0.29, 0.717) is 16.2 Å². The van der Waals surface area contributed by atoms with Crippen LogP contribution in [0.2, 0.25) is 5.02 Å². The van der Waals surface area contributed by atoms with Crippen LogP contribution >= 0.6 is 11.6 Å². The molecular weight excluding hydrogens is 264 g/mol. The van der Waals surface area contributed by atoms with Gasteiger partial charge in [-0.3, -0.25) is 4.55 Å². The first kappa shape index (κ1) is 12.2. The average molecular weight is 273 g/mol. The van der Waals surface area contributed by atoms with Crippen molar-refractivity contribution in [3.63, 3.8) is 0 Å². The van der Waals surface area contributed by atoms with E-state index in [1.165, 1.54) is 19.2 Å². The van der Waals surface area contributed by atoms with Gasteiger partial charge in [0.05, 0.1) is 17.0 Å². The average Bonchev–Trinajstić information content (AvgIpc) is 2.28. The lowest BCUT2D eigenvalue weighted by Gasteiger charge is -2.07. The monoisotopic (exact) mass is 272 g/mol. The number of benzene rings is 2. The lowest BCUT2D eigenvalue weighted by atomic mass is 10.1. The Kier molecular flexibility index (Phi) is 2.99. The van der Waals surface area contributed by atoms with Crippen LogP contribution in [0, 0.1) is 0 Å². The normalized spacial score (nSPS) is 11.7. The van der Waals surface area contributed by atoms with E-state index in [4.69, 9.17) is 20.9 Å². The fourth-order valence-electron chi connectivity index (χ4n) is 1.56. The van der Waals surface area contributed by atoms with Gasteiger partial charge in [-0.2, -0.15) is 8.42 Å². The molecule has 1 N–H and O–H groups in total. The molecule has 0 aromatic heterocycles. The highest BCUT2D eigenvalue weighted by molar-refractivity contribution is 7.85. The highest BCUT2D eigenvalue weighted by Gasteiger charge is 2.12. The van der Waals surface area contributed by atoms with E-state index >= 15 is 0 Å². The van der Waals surface area contributed by atoms with E-state index in [1.54, 1.807) is 18.2 Å². The zero-order chi connectivity index (χ0) is 12.6. The molecule has 0 amide bonds. The Labute approximate surface area is 104 Å². The molecule has 0 saturated heterocycles. The Bertz CT molecular complexity index is 679. The van der Waals surface area contributed by atoms with E-state index in [2.05, 4.69) is 0 Å². The van der Waals surface area contributed by atoms with Crippen LogP contribution in [0.1, 0.15) is 0 Å². The molecule has 4 nitrogen and oxygen atoms in total. The molecule has 2 rings (SSSR count). The Morgan fingerprint density at radius 3 is 2.47 bits per heavy atom. The van der Waals surface area contributed by atoms with E-state index in [9.17, 15) is 8.42 Å². The molecule has 6 heteroatoms. The van der Waals surface area contributed by atoms with Gasteiger partial charge in [-0.15, -0.1) is 0 Å². The standard InChI is InChI=1S/C11H9ClO4S/c1-16-10-5-3-7-2-4-8(17(13,14)15)6-9(7)11(10)12/h2-6H,1H3,(H,13,14,15). The summed E-state index contributed by atoms with van der Waals surface area (Å²) >= 11 is 6.06. The van der Waals surface area contributed by atoms with E-state index in [0.717, 1.165) is 5.39 Å². The molecule has 0 spiro atoms. The number of ether oxygens (including phenoxy) is 1. The Balaban J connectivity index is 2.79. The van der Waals surface area contributed by atoms with Gasteiger partial charge in [0.1, 0.15) is 5.75 Å². The molecule has 0 aliphatic carbocycles. The SMILES string of the molecule is COc1ccc2ccc(S(=O)(=O)O)cc2c1Cl. The number of fused-ring (bicyclic) bond motifs is 1. The van der Waals surface area contributed by atoms with Gasteiger partial charge in [0.25, 0.3) is 10.1 Å². The smallest absolute Gasteiger partial charge is 0.294 e. The van der Waals surface area contributed by atoms with E-state index in [-0.39, 0.29) is 4.90 Å². The predicted octanol–water partition coefficient (Wildman–Crippen LogP) is 2.75. The molecule has 2 aromatic rings. The van der Waals surface area contributed by atoms with Gasteiger partial charge in [-0.1, -0.05) is 23.7 Å². The zero-order valence-electron chi connectivity index (χ0n) is 8.84. The number of rotatable bonds is 2. The van der Waals surface area contributed by atoms with Gasteiger partial charge in [0.15, 0.2) is 0 Å². The third-order valence-electron chi connectivity index (χ3n) is 2.41. The summed E-state index contributed by atoms with van der Waals surface area (Å²) in [6.07, 6.45) is 0. The third-order valence-corrected chi connectivity index (χ3v) is 3.65. The molecule has 0 atom stereocenters. The van der Waals surface area contributed by atoms with Crippen molar-refractivity contribution in [2.24, 2.45) is 0 Å². The summed E-state index contributed by atoms with van der Waals surface area (Å²) in [6.45, 7) is 0. The van der Waals surface area contributed by atoms with Crippen molar-refractivity contribution in [3.8, 4) is 5.75 Å². The number of hydrogen-bond acceptors (Lipinski definition) is 3. The van der Waals surface area contributed by atoms with Gasteiger partial charge >= 0.3 is 0 Å². The van der Waals surface area contributed by atoms with Crippen LogP contribution in [-0.4, -0.2) is 20.1 Å². The van der Waals surface area contributed by atoms with Crippen molar-refractivity contribution in [1.29, 1.82) is 0 Å². The fraction of sp³-hybridized carbons (Fsp3) is 0.0909. The maximum absolute atomic E-state index is 11.0. The Hall–Kier alpha value is -1.30.